The van der Waals surface area contributed by atoms with Crippen LogP contribution in [0.5, 0.6) is 0 Å². The number of hydrogen-bond acceptors (Lipinski definition) is 4. The van der Waals surface area contributed by atoms with E-state index < -0.39 is 9.84 Å². The summed E-state index contributed by atoms with van der Waals surface area (Å²) in [5.74, 6) is 0.677. The number of thiophene rings is 1. The lowest BCUT2D eigenvalue weighted by Crippen LogP contribution is -3.14. The number of carbonyl (C=O) groups is 1. The second-order valence-electron chi connectivity index (χ2n) is 4.34. The molecule has 1 aliphatic rings. The minimum absolute atomic E-state index is 0. The minimum Gasteiger partial charge on any atom is -1.00 e. The molecule has 1 aromatic rings. The summed E-state index contributed by atoms with van der Waals surface area (Å²) in [6.45, 7) is 2.02. The molecule has 0 bridgehead atoms. The first-order chi connectivity index (χ1) is 8.07. The van der Waals surface area contributed by atoms with Crippen molar-refractivity contribution in [2.75, 3.05) is 31.1 Å². The summed E-state index contributed by atoms with van der Waals surface area (Å²) < 4.78 is 22.5. The highest BCUT2D eigenvalue weighted by Gasteiger charge is 2.24. The molecule has 1 saturated heterocycles. The lowest BCUT2D eigenvalue weighted by Gasteiger charge is -2.23. The van der Waals surface area contributed by atoms with Crippen molar-refractivity contribution in [2.24, 2.45) is 0 Å². The van der Waals surface area contributed by atoms with Gasteiger partial charge in [-0.25, -0.2) is 8.42 Å². The van der Waals surface area contributed by atoms with Crippen LogP contribution in [-0.4, -0.2) is 45.3 Å². The topological polar surface area (TPSA) is 55.6 Å². The molecule has 7 heteroatoms. The van der Waals surface area contributed by atoms with Gasteiger partial charge in [0.05, 0.1) is 37.6 Å². The van der Waals surface area contributed by atoms with Crippen LogP contribution in [-0.2, 0) is 9.84 Å². The van der Waals surface area contributed by atoms with Crippen molar-refractivity contribution >= 4 is 27.0 Å². The van der Waals surface area contributed by atoms with Crippen molar-refractivity contribution in [3.8, 4) is 0 Å². The van der Waals surface area contributed by atoms with E-state index >= 15 is 0 Å². The number of hydrogen-bond donors (Lipinski definition) is 1. The molecule has 0 spiro atoms. The third-order valence-corrected chi connectivity index (χ3v) is 5.42. The third kappa shape index (κ3) is 4.35. The molecule has 1 aromatic heterocycles. The van der Waals surface area contributed by atoms with Gasteiger partial charge >= 0.3 is 0 Å². The smallest absolute Gasteiger partial charge is 0.169 e. The zero-order valence-electron chi connectivity index (χ0n) is 9.89. The van der Waals surface area contributed by atoms with Crippen LogP contribution in [0.4, 0.5) is 0 Å². The molecule has 1 aliphatic heterocycles. The van der Waals surface area contributed by atoms with E-state index in [1.807, 2.05) is 16.8 Å². The summed E-state index contributed by atoms with van der Waals surface area (Å²) in [6, 6.07) is 1.84. The van der Waals surface area contributed by atoms with Crippen LogP contribution in [0.2, 0.25) is 0 Å². The number of carbonyl (C=O) groups excluding carboxylic acids is 1. The van der Waals surface area contributed by atoms with Gasteiger partial charge < -0.3 is 17.3 Å². The second kappa shape index (κ2) is 6.65. The Kier molecular flexibility index (Phi) is 5.78. The first-order valence-electron chi connectivity index (χ1n) is 5.66. The molecule has 0 atom stereocenters. The quantitative estimate of drug-likeness (QED) is 0.591. The third-order valence-electron chi connectivity index (χ3n) is 3.08. The van der Waals surface area contributed by atoms with E-state index in [2.05, 4.69) is 0 Å². The summed E-state index contributed by atoms with van der Waals surface area (Å²) in [6.07, 6.45) is 0.506. The largest absolute Gasteiger partial charge is 1.00 e. The highest BCUT2D eigenvalue weighted by atomic mass is 35.5. The fourth-order valence-corrected chi connectivity index (χ4v) is 4.00. The predicted octanol–water partition coefficient (Wildman–Crippen LogP) is -3.36. The summed E-state index contributed by atoms with van der Waals surface area (Å²) in [5.41, 5.74) is 0.777. The maximum absolute atomic E-state index is 11.8. The van der Waals surface area contributed by atoms with Crippen LogP contribution < -0.4 is 17.3 Å². The summed E-state index contributed by atoms with van der Waals surface area (Å²) in [5, 5.41) is 3.76. The van der Waals surface area contributed by atoms with Gasteiger partial charge in [0, 0.05) is 10.9 Å². The van der Waals surface area contributed by atoms with Gasteiger partial charge in [-0.3, -0.25) is 4.79 Å². The van der Waals surface area contributed by atoms with Crippen LogP contribution in [0.15, 0.2) is 16.8 Å². The lowest BCUT2D eigenvalue weighted by molar-refractivity contribution is -0.895. The number of Topliss-reactive ketones (excluding diaryl/α,β-unsaturated/α-hetero) is 1. The van der Waals surface area contributed by atoms with Gasteiger partial charge in [-0.05, 0) is 11.4 Å². The van der Waals surface area contributed by atoms with Gasteiger partial charge in [-0.2, -0.15) is 11.3 Å². The second-order valence-corrected chi connectivity index (χ2v) is 7.42. The Hall–Kier alpha value is -0.430. The first-order valence-corrected chi connectivity index (χ1v) is 8.43. The van der Waals surface area contributed by atoms with Crippen LogP contribution in [0, 0.1) is 0 Å². The Morgan fingerprint density at radius 3 is 2.56 bits per heavy atom. The number of halogens is 1. The Morgan fingerprint density at radius 1 is 1.33 bits per heavy atom. The van der Waals surface area contributed by atoms with E-state index in [0.29, 0.717) is 19.5 Å². The molecule has 18 heavy (non-hydrogen) atoms. The fraction of sp³-hybridized carbons (Fsp3) is 0.545. The standard InChI is InChI=1S/C11H15NO3S2.ClH/c13-11(10-2-6-16-9-10)1-3-12-4-7-17(14,15)8-5-12;/h2,6,9H,1,3-5,7-8H2;1H. The van der Waals surface area contributed by atoms with Crippen molar-refractivity contribution in [3.63, 3.8) is 0 Å². The van der Waals surface area contributed by atoms with Crippen LogP contribution in [0.25, 0.3) is 0 Å². The lowest BCUT2D eigenvalue weighted by atomic mass is 10.1. The van der Waals surface area contributed by atoms with E-state index in [1.165, 1.54) is 16.2 Å². The Labute approximate surface area is 117 Å². The Morgan fingerprint density at radius 2 is 2.00 bits per heavy atom. The SMILES string of the molecule is O=C(CC[NH+]1CCS(=O)(=O)CC1)c1ccsc1.[Cl-]. The molecule has 2 rings (SSSR count). The van der Waals surface area contributed by atoms with Gasteiger partial charge in [0.15, 0.2) is 15.6 Å². The first kappa shape index (κ1) is 15.6. The van der Waals surface area contributed by atoms with E-state index in [-0.39, 0.29) is 29.7 Å². The number of sulfone groups is 1. The van der Waals surface area contributed by atoms with Crippen molar-refractivity contribution in [3.05, 3.63) is 22.4 Å². The van der Waals surface area contributed by atoms with Crippen molar-refractivity contribution in [1.82, 2.24) is 0 Å². The van der Waals surface area contributed by atoms with Crippen LogP contribution in [0.3, 0.4) is 0 Å². The highest BCUT2D eigenvalue weighted by Crippen LogP contribution is 2.07. The highest BCUT2D eigenvalue weighted by molar-refractivity contribution is 7.91. The molecule has 102 valence electrons. The Balaban J connectivity index is 0.00000162. The van der Waals surface area contributed by atoms with E-state index in [0.717, 1.165) is 12.1 Å². The van der Waals surface area contributed by atoms with Gasteiger partial charge in [-0.15, -0.1) is 0 Å². The molecule has 1 N–H and O–H groups in total. The molecular weight excluding hydrogens is 294 g/mol. The molecule has 0 aliphatic carbocycles. The summed E-state index contributed by atoms with van der Waals surface area (Å²) in [7, 11) is -2.80. The molecular formula is C11H16ClNO3S2. The summed E-state index contributed by atoms with van der Waals surface area (Å²) in [4.78, 5) is 13.0. The van der Waals surface area contributed by atoms with Gasteiger partial charge in [0.2, 0.25) is 0 Å². The van der Waals surface area contributed by atoms with Crippen molar-refractivity contribution in [2.45, 2.75) is 6.42 Å². The maximum Gasteiger partial charge on any atom is 0.169 e. The average molecular weight is 310 g/mol. The Bertz CT molecular complexity index is 470. The van der Waals surface area contributed by atoms with E-state index in [1.54, 1.807) is 0 Å². The molecule has 2 heterocycles. The molecule has 0 radical (unpaired) electrons. The zero-order valence-corrected chi connectivity index (χ0v) is 12.3. The molecule has 4 nitrogen and oxygen atoms in total. The molecule has 0 aromatic carbocycles. The van der Waals surface area contributed by atoms with E-state index in [4.69, 9.17) is 0 Å². The van der Waals surface area contributed by atoms with Gasteiger partial charge in [0.1, 0.15) is 0 Å². The predicted molar refractivity (Wildman–Crippen MR) is 67.5 cm³/mol. The normalized spacial score (nSPS) is 19.1. The molecule has 1 fully saturated rings. The monoisotopic (exact) mass is 309 g/mol. The van der Waals surface area contributed by atoms with Crippen molar-refractivity contribution in [1.29, 1.82) is 0 Å². The number of rotatable bonds is 4. The van der Waals surface area contributed by atoms with Crippen LogP contribution in [0.1, 0.15) is 16.8 Å². The maximum atomic E-state index is 11.8. The van der Waals surface area contributed by atoms with Gasteiger partial charge in [0.25, 0.3) is 0 Å². The zero-order chi connectivity index (χ0) is 12.3. The van der Waals surface area contributed by atoms with E-state index in [9.17, 15) is 13.2 Å². The number of quaternary nitrogens is 1. The van der Waals surface area contributed by atoms with Crippen molar-refractivity contribution < 1.29 is 30.5 Å². The van der Waals surface area contributed by atoms with Crippen LogP contribution >= 0.6 is 11.3 Å². The average Bonchev–Trinajstić information content (AvgIpc) is 2.80. The number of ketones is 1. The fourth-order valence-electron chi connectivity index (χ4n) is 1.93. The minimum atomic E-state index is -2.80. The molecule has 0 saturated carbocycles. The summed E-state index contributed by atoms with van der Waals surface area (Å²) >= 11 is 1.52. The molecule has 0 amide bonds. The molecule has 0 unspecified atom stereocenters. The van der Waals surface area contributed by atoms with Gasteiger partial charge in [-0.1, -0.05) is 0 Å². The number of nitrogens with one attached hydrogen (secondary N) is 1.